The van der Waals surface area contributed by atoms with E-state index in [4.69, 9.17) is 10.5 Å². The molecule has 5 heteroatoms. The van der Waals surface area contributed by atoms with Gasteiger partial charge in [-0.1, -0.05) is 12.2 Å². The Hall–Kier alpha value is -0.940. The first-order valence-electron chi connectivity index (χ1n) is 4.20. The van der Waals surface area contributed by atoms with Gasteiger partial charge in [-0.2, -0.15) is 0 Å². The van der Waals surface area contributed by atoms with Crippen LogP contribution in [0.3, 0.4) is 0 Å². The van der Waals surface area contributed by atoms with Crippen LogP contribution in [-0.2, 0) is 0 Å². The van der Waals surface area contributed by atoms with E-state index in [1.165, 1.54) is 19.3 Å². The molecule has 0 aliphatic heterocycles. The van der Waals surface area contributed by atoms with Gasteiger partial charge in [-0.25, -0.2) is 8.78 Å². The van der Waals surface area contributed by atoms with Crippen molar-refractivity contribution in [3.8, 4) is 5.75 Å². The molecule has 0 fully saturated rings. The Balaban J connectivity index is 3.36. The molecule has 0 saturated heterocycles. The molecule has 0 heterocycles. The van der Waals surface area contributed by atoms with Crippen LogP contribution in [0.1, 0.15) is 5.56 Å². The SMILES string of the molecule is COc1c(F)cc(Br)c(F)c1/C=C/CN. The summed E-state index contributed by atoms with van der Waals surface area (Å²) < 4.78 is 31.7. The van der Waals surface area contributed by atoms with Crippen molar-refractivity contribution in [1.82, 2.24) is 0 Å². The fourth-order valence-corrected chi connectivity index (χ4v) is 1.55. The first-order chi connectivity index (χ1) is 7.11. The van der Waals surface area contributed by atoms with Gasteiger partial charge in [-0.05, 0) is 22.0 Å². The number of hydrogen-bond acceptors (Lipinski definition) is 2. The summed E-state index contributed by atoms with van der Waals surface area (Å²) >= 11 is 2.92. The van der Waals surface area contributed by atoms with Crippen molar-refractivity contribution in [3.05, 3.63) is 33.8 Å². The molecule has 0 aliphatic carbocycles. The smallest absolute Gasteiger partial charge is 0.167 e. The Morgan fingerprint density at radius 3 is 2.73 bits per heavy atom. The maximum atomic E-state index is 13.6. The molecule has 0 saturated carbocycles. The summed E-state index contributed by atoms with van der Waals surface area (Å²) in [5.41, 5.74) is 5.29. The van der Waals surface area contributed by atoms with E-state index in [2.05, 4.69) is 15.9 Å². The molecule has 2 N–H and O–H groups in total. The summed E-state index contributed by atoms with van der Waals surface area (Å²) in [6.45, 7) is 0.247. The van der Waals surface area contributed by atoms with E-state index >= 15 is 0 Å². The highest BCUT2D eigenvalue weighted by atomic mass is 79.9. The minimum absolute atomic E-state index is 0.0508. The Morgan fingerprint density at radius 1 is 1.53 bits per heavy atom. The molecule has 1 aromatic rings. The summed E-state index contributed by atoms with van der Waals surface area (Å²) in [5, 5.41) is 0. The molecule has 2 nitrogen and oxygen atoms in total. The Bertz CT molecular complexity index is 393. The summed E-state index contributed by atoms with van der Waals surface area (Å²) in [7, 11) is 1.28. The van der Waals surface area contributed by atoms with Crippen LogP contribution in [-0.4, -0.2) is 13.7 Å². The fraction of sp³-hybridized carbons (Fsp3) is 0.200. The van der Waals surface area contributed by atoms with Crippen LogP contribution >= 0.6 is 15.9 Å². The van der Waals surface area contributed by atoms with Crippen LogP contribution in [0.15, 0.2) is 16.6 Å². The molecule has 1 aromatic carbocycles. The molecule has 0 amide bonds. The summed E-state index contributed by atoms with van der Waals surface area (Å²) in [6, 6.07) is 1.02. The van der Waals surface area contributed by atoms with Crippen LogP contribution in [0.5, 0.6) is 5.75 Å². The molecule has 82 valence electrons. The lowest BCUT2D eigenvalue weighted by Crippen LogP contribution is -1.98. The highest BCUT2D eigenvalue weighted by Gasteiger charge is 2.15. The molecule has 0 unspecified atom stereocenters. The normalized spacial score (nSPS) is 11.0. The van der Waals surface area contributed by atoms with Crippen molar-refractivity contribution < 1.29 is 13.5 Å². The van der Waals surface area contributed by atoms with Gasteiger partial charge in [0.05, 0.1) is 17.1 Å². The molecule has 0 bridgehead atoms. The van der Waals surface area contributed by atoms with Crippen molar-refractivity contribution in [2.24, 2.45) is 5.73 Å². The van der Waals surface area contributed by atoms with Gasteiger partial charge in [0.2, 0.25) is 0 Å². The van der Waals surface area contributed by atoms with E-state index in [0.717, 1.165) is 6.07 Å². The maximum Gasteiger partial charge on any atom is 0.167 e. The zero-order chi connectivity index (χ0) is 11.4. The van der Waals surface area contributed by atoms with Crippen LogP contribution in [0.25, 0.3) is 6.08 Å². The number of benzene rings is 1. The van der Waals surface area contributed by atoms with Gasteiger partial charge in [0.15, 0.2) is 11.6 Å². The van der Waals surface area contributed by atoms with E-state index in [1.54, 1.807) is 0 Å². The molecule has 0 aromatic heterocycles. The maximum absolute atomic E-state index is 13.6. The molecular weight excluding hydrogens is 268 g/mol. The number of ether oxygens (including phenoxy) is 1. The van der Waals surface area contributed by atoms with Crippen molar-refractivity contribution in [2.45, 2.75) is 0 Å². The standard InChI is InChI=1S/C10H10BrF2NO/c1-15-10-6(3-2-4-14)9(13)7(11)5-8(10)12/h2-3,5H,4,14H2,1H3/b3-2+. The zero-order valence-corrected chi connectivity index (χ0v) is 9.64. The van der Waals surface area contributed by atoms with Crippen molar-refractivity contribution in [3.63, 3.8) is 0 Å². The molecular formula is C10H10BrF2NO. The lowest BCUT2D eigenvalue weighted by Gasteiger charge is -2.08. The van der Waals surface area contributed by atoms with E-state index < -0.39 is 11.6 Å². The van der Waals surface area contributed by atoms with Crippen molar-refractivity contribution >= 4 is 22.0 Å². The van der Waals surface area contributed by atoms with E-state index in [9.17, 15) is 8.78 Å². The monoisotopic (exact) mass is 277 g/mol. The predicted molar refractivity (Wildman–Crippen MR) is 58.7 cm³/mol. The summed E-state index contributed by atoms with van der Waals surface area (Å²) in [6.07, 6.45) is 2.91. The predicted octanol–water partition coefficient (Wildman–Crippen LogP) is 2.71. The molecule has 0 spiro atoms. The van der Waals surface area contributed by atoms with Gasteiger partial charge in [0.25, 0.3) is 0 Å². The quantitative estimate of drug-likeness (QED) is 0.863. The van der Waals surface area contributed by atoms with Crippen molar-refractivity contribution in [1.29, 1.82) is 0 Å². The number of methoxy groups -OCH3 is 1. The molecule has 0 radical (unpaired) electrons. The highest BCUT2D eigenvalue weighted by Crippen LogP contribution is 2.31. The topological polar surface area (TPSA) is 35.2 Å². The van der Waals surface area contributed by atoms with Gasteiger partial charge in [-0.3, -0.25) is 0 Å². The highest BCUT2D eigenvalue weighted by molar-refractivity contribution is 9.10. The summed E-state index contributed by atoms with van der Waals surface area (Å²) in [4.78, 5) is 0. The van der Waals surface area contributed by atoms with Crippen LogP contribution in [0.2, 0.25) is 0 Å². The van der Waals surface area contributed by atoms with Gasteiger partial charge in [0.1, 0.15) is 5.82 Å². The second-order valence-corrected chi connectivity index (χ2v) is 3.59. The third kappa shape index (κ3) is 2.54. The van der Waals surface area contributed by atoms with Gasteiger partial charge >= 0.3 is 0 Å². The van der Waals surface area contributed by atoms with E-state index in [-0.39, 0.29) is 22.3 Å². The first kappa shape index (κ1) is 12.1. The van der Waals surface area contributed by atoms with Gasteiger partial charge < -0.3 is 10.5 Å². The average Bonchev–Trinajstić information content (AvgIpc) is 2.21. The number of halogens is 3. The number of nitrogens with two attached hydrogens (primary N) is 1. The minimum Gasteiger partial charge on any atom is -0.493 e. The molecule has 0 aliphatic rings. The lowest BCUT2D eigenvalue weighted by molar-refractivity contribution is 0.381. The van der Waals surface area contributed by atoms with Crippen LogP contribution in [0.4, 0.5) is 8.78 Å². The molecule has 0 atom stereocenters. The van der Waals surface area contributed by atoms with Gasteiger partial charge in [0, 0.05) is 6.54 Å². The Morgan fingerprint density at radius 2 is 2.20 bits per heavy atom. The number of rotatable bonds is 3. The Kier molecular flexibility index (Phi) is 4.23. The zero-order valence-electron chi connectivity index (χ0n) is 8.06. The van der Waals surface area contributed by atoms with Crippen LogP contribution < -0.4 is 10.5 Å². The van der Waals surface area contributed by atoms with Gasteiger partial charge in [-0.15, -0.1) is 0 Å². The van der Waals surface area contributed by atoms with Crippen molar-refractivity contribution in [2.75, 3.05) is 13.7 Å². The molecule has 15 heavy (non-hydrogen) atoms. The minimum atomic E-state index is -0.623. The largest absolute Gasteiger partial charge is 0.493 e. The number of hydrogen-bond donors (Lipinski definition) is 1. The third-order valence-corrected chi connectivity index (χ3v) is 2.36. The average molecular weight is 278 g/mol. The van der Waals surface area contributed by atoms with E-state index in [1.807, 2.05) is 0 Å². The second-order valence-electron chi connectivity index (χ2n) is 2.74. The van der Waals surface area contributed by atoms with Crippen LogP contribution in [0, 0.1) is 11.6 Å². The summed E-state index contributed by atoms with van der Waals surface area (Å²) in [5.74, 6) is -1.32. The second kappa shape index (κ2) is 5.23. The first-order valence-corrected chi connectivity index (χ1v) is 4.99. The lowest BCUT2D eigenvalue weighted by atomic mass is 10.1. The molecule has 1 rings (SSSR count). The van der Waals surface area contributed by atoms with E-state index in [0.29, 0.717) is 0 Å². The Labute approximate surface area is 94.9 Å². The third-order valence-electron chi connectivity index (χ3n) is 1.79. The fourth-order valence-electron chi connectivity index (χ4n) is 1.14.